The summed E-state index contributed by atoms with van der Waals surface area (Å²) in [7, 11) is 4.89. The van der Waals surface area contributed by atoms with Crippen LogP contribution in [-0.4, -0.2) is 51.2 Å². The summed E-state index contributed by atoms with van der Waals surface area (Å²) in [5.74, 6) is 2.21. The third kappa shape index (κ3) is 5.17. The van der Waals surface area contributed by atoms with E-state index in [1.807, 2.05) is 30.3 Å². The number of para-hydroxylation sites is 1. The molecule has 164 valence electrons. The van der Waals surface area contributed by atoms with Crippen molar-refractivity contribution in [2.24, 2.45) is 0 Å². The first kappa shape index (κ1) is 22.2. The molecule has 2 aromatic rings. The van der Waals surface area contributed by atoms with Gasteiger partial charge < -0.3 is 23.8 Å². The molecule has 31 heavy (non-hydrogen) atoms. The molecule has 0 saturated carbocycles. The van der Waals surface area contributed by atoms with Crippen molar-refractivity contribution in [1.29, 1.82) is 0 Å². The van der Waals surface area contributed by atoms with E-state index in [4.69, 9.17) is 18.9 Å². The lowest BCUT2D eigenvalue weighted by molar-refractivity contribution is -0.127. The van der Waals surface area contributed by atoms with Gasteiger partial charge >= 0.3 is 0 Å². The van der Waals surface area contributed by atoms with E-state index in [-0.39, 0.29) is 24.9 Å². The number of rotatable bonds is 9. The molecule has 0 bridgehead atoms. The number of benzene rings is 2. The van der Waals surface area contributed by atoms with Gasteiger partial charge in [-0.05, 0) is 36.3 Å². The predicted octanol–water partition coefficient (Wildman–Crippen LogP) is 3.28. The number of ketones is 1. The first-order valence-corrected chi connectivity index (χ1v) is 9.98. The van der Waals surface area contributed by atoms with Crippen molar-refractivity contribution in [3.05, 3.63) is 53.1 Å². The molecule has 0 atom stereocenters. The third-order valence-corrected chi connectivity index (χ3v) is 5.19. The maximum atomic E-state index is 12.7. The molecule has 0 N–H and O–H groups in total. The number of nitrogens with zero attached hydrogens (tertiary/aromatic N) is 1. The van der Waals surface area contributed by atoms with E-state index in [2.05, 4.69) is 0 Å². The average molecular weight is 425 g/mol. The zero-order valence-electron chi connectivity index (χ0n) is 18.3. The van der Waals surface area contributed by atoms with Crippen LogP contribution in [0.15, 0.2) is 36.4 Å². The lowest BCUT2D eigenvalue weighted by Crippen LogP contribution is -2.26. The number of carbonyl (C=O) groups is 2. The SMILES string of the molecule is COc1ccccc1CC(=O)/C=C/c1c(CCN(C)C(C)=O)cc2c(c1OC)OCO2. The highest BCUT2D eigenvalue weighted by Crippen LogP contribution is 2.45. The Morgan fingerprint density at radius 2 is 1.90 bits per heavy atom. The molecule has 1 aliphatic heterocycles. The minimum absolute atomic E-state index is 0.0169. The lowest BCUT2D eigenvalue weighted by atomic mass is 10.00. The second-order valence-corrected chi connectivity index (χ2v) is 7.20. The monoisotopic (exact) mass is 425 g/mol. The highest BCUT2D eigenvalue weighted by atomic mass is 16.7. The second kappa shape index (κ2) is 10.0. The number of carbonyl (C=O) groups excluding carboxylic acids is 2. The van der Waals surface area contributed by atoms with Crippen LogP contribution in [0.1, 0.15) is 23.6 Å². The van der Waals surface area contributed by atoms with Crippen molar-refractivity contribution >= 4 is 17.8 Å². The number of ether oxygens (including phenoxy) is 4. The van der Waals surface area contributed by atoms with Crippen molar-refractivity contribution in [2.45, 2.75) is 19.8 Å². The molecule has 2 aromatic carbocycles. The van der Waals surface area contributed by atoms with E-state index < -0.39 is 0 Å². The van der Waals surface area contributed by atoms with E-state index in [1.165, 1.54) is 13.0 Å². The maximum Gasteiger partial charge on any atom is 0.231 e. The summed E-state index contributed by atoms with van der Waals surface area (Å²) in [6.45, 7) is 2.16. The van der Waals surface area contributed by atoms with E-state index in [0.29, 0.717) is 36.0 Å². The number of hydrogen-bond acceptors (Lipinski definition) is 6. The fourth-order valence-corrected chi connectivity index (χ4v) is 3.39. The van der Waals surface area contributed by atoms with E-state index >= 15 is 0 Å². The topological polar surface area (TPSA) is 74.3 Å². The van der Waals surface area contributed by atoms with Gasteiger partial charge in [0.2, 0.25) is 18.4 Å². The fourth-order valence-electron chi connectivity index (χ4n) is 3.39. The molecule has 7 heteroatoms. The van der Waals surface area contributed by atoms with Crippen molar-refractivity contribution in [3.63, 3.8) is 0 Å². The standard InChI is InChI=1S/C24H27NO6/c1-16(26)25(2)12-11-17-14-22-24(31-15-30-22)23(29-4)20(17)10-9-19(27)13-18-7-5-6-8-21(18)28-3/h5-10,14H,11-13,15H2,1-4H3/b10-9+. The second-order valence-electron chi connectivity index (χ2n) is 7.20. The lowest BCUT2D eigenvalue weighted by Gasteiger charge is -2.18. The van der Waals surface area contributed by atoms with Crippen LogP contribution < -0.4 is 18.9 Å². The molecular weight excluding hydrogens is 398 g/mol. The Morgan fingerprint density at radius 3 is 2.61 bits per heavy atom. The normalized spacial score (nSPS) is 12.1. The van der Waals surface area contributed by atoms with Gasteiger partial charge in [-0.3, -0.25) is 9.59 Å². The number of likely N-dealkylation sites (N-methyl/N-ethyl adjacent to an activating group) is 1. The molecule has 0 radical (unpaired) electrons. The van der Waals surface area contributed by atoms with Crippen molar-refractivity contribution in [2.75, 3.05) is 34.6 Å². The van der Waals surface area contributed by atoms with Crippen LogP contribution in [0, 0.1) is 0 Å². The first-order chi connectivity index (χ1) is 14.9. The highest BCUT2D eigenvalue weighted by molar-refractivity contribution is 5.96. The number of fused-ring (bicyclic) bond motifs is 1. The van der Waals surface area contributed by atoms with E-state index in [9.17, 15) is 9.59 Å². The Bertz CT molecular complexity index is 998. The van der Waals surface area contributed by atoms with Gasteiger partial charge in [-0.15, -0.1) is 0 Å². The quantitative estimate of drug-likeness (QED) is 0.574. The van der Waals surface area contributed by atoms with Gasteiger partial charge in [-0.1, -0.05) is 18.2 Å². The van der Waals surface area contributed by atoms with Crippen LogP contribution in [0.3, 0.4) is 0 Å². The van der Waals surface area contributed by atoms with Crippen molar-refractivity contribution in [1.82, 2.24) is 4.90 Å². The number of hydrogen-bond donors (Lipinski definition) is 0. The molecule has 1 heterocycles. The van der Waals surface area contributed by atoms with Crippen molar-refractivity contribution in [3.8, 4) is 23.0 Å². The zero-order chi connectivity index (χ0) is 22.4. The third-order valence-electron chi connectivity index (χ3n) is 5.19. The van der Waals surface area contributed by atoms with Gasteiger partial charge in [0.05, 0.1) is 14.2 Å². The van der Waals surface area contributed by atoms with Gasteiger partial charge in [0.1, 0.15) is 5.75 Å². The molecule has 0 unspecified atom stereocenters. The summed E-state index contributed by atoms with van der Waals surface area (Å²) in [6.07, 6.45) is 4.06. The fraction of sp³-hybridized carbons (Fsp3) is 0.333. The zero-order valence-corrected chi connectivity index (χ0v) is 18.3. The molecule has 7 nitrogen and oxygen atoms in total. The van der Waals surface area contributed by atoms with Crippen LogP contribution >= 0.6 is 0 Å². The average Bonchev–Trinajstić information content (AvgIpc) is 3.23. The summed E-state index contributed by atoms with van der Waals surface area (Å²) < 4.78 is 22.0. The minimum atomic E-state index is -0.0731. The van der Waals surface area contributed by atoms with Crippen LogP contribution in [0.5, 0.6) is 23.0 Å². The van der Waals surface area contributed by atoms with Crippen LogP contribution in [0.2, 0.25) is 0 Å². The Hall–Kier alpha value is -3.48. The number of methoxy groups -OCH3 is 2. The summed E-state index contributed by atoms with van der Waals surface area (Å²) in [5, 5.41) is 0. The van der Waals surface area contributed by atoms with Gasteiger partial charge in [-0.2, -0.15) is 0 Å². The summed E-state index contributed by atoms with van der Waals surface area (Å²) in [5.41, 5.74) is 2.45. The molecule has 0 aromatic heterocycles. The molecule has 0 spiro atoms. The van der Waals surface area contributed by atoms with Crippen molar-refractivity contribution < 1.29 is 28.5 Å². The Morgan fingerprint density at radius 1 is 1.13 bits per heavy atom. The Labute approximate surface area is 182 Å². The molecule has 1 amide bonds. The predicted molar refractivity (Wildman–Crippen MR) is 117 cm³/mol. The molecule has 0 saturated heterocycles. The summed E-state index contributed by atoms with van der Waals surface area (Å²) in [4.78, 5) is 25.9. The van der Waals surface area contributed by atoms with Crippen LogP contribution in [-0.2, 0) is 22.4 Å². The van der Waals surface area contributed by atoms with E-state index in [1.54, 1.807) is 32.2 Å². The molecule has 1 aliphatic rings. The molecule has 3 rings (SSSR count). The summed E-state index contributed by atoms with van der Waals surface area (Å²) in [6, 6.07) is 9.32. The Balaban J connectivity index is 1.89. The van der Waals surface area contributed by atoms with Gasteiger partial charge in [0.25, 0.3) is 0 Å². The largest absolute Gasteiger partial charge is 0.496 e. The van der Waals surface area contributed by atoms with Gasteiger partial charge in [0, 0.05) is 38.1 Å². The number of amides is 1. The number of allylic oxidation sites excluding steroid dienone is 1. The molecular formula is C24H27NO6. The minimum Gasteiger partial charge on any atom is -0.496 e. The van der Waals surface area contributed by atoms with Gasteiger partial charge in [-0.25, -0.2) is 0 Å². The first-order valence-electron chi connectivity index (χ1n) is 9.98. The van der Waals surface area contributed by atoms with Gasteiger partial charge in [0.15, 0.2) is 17.3 Å². The Kier molecular flexibility index (Phi) is 7.18. The summed E-state index contributed by atoms with van der Waals surface area (Å²) >= 11 is 0. The molecule has 0 aliphatic carbocycles. The maximum absolute atomic E-state index is 12.7. The highest BCUT2D eigenvalue weighted by Gasteiger charge is 2.24. The molecule has 0 fully saturated rings. The van der Waals surface area contributed by atoms with Crippen LogP contribution in [0.25, 0.3) is 6.08 Å². The smallest absolute Gasteiger partial charge is 0.231 e. The van der Waals surface area contributed by atoms with Crippen LogP contribution in [0.4, 0.5) is 0 Å². The van der Waals surface area contributed by atoms with E-state index in [0.717, 1.165) is 16.7 Å².